The van der Waals surface area contributed by atoms with Crippen LogP contribution in [0.25, 0.3) is 11.0 Å². The van der Waals surface area contributed by atoms with E-state index in [1.165, 1.54) is 12.1 Å². The Kier molecular flexibility index (Phi) is 6.72. The zero-order chi connectivity index (χ0) is 21.0. The number of rotatable bonds is 8. The average Bonchev–Trinajstić information content (AvgIpc) is 2.68. The highest BCUT2D eigenvalue weighted by atomic mass is 16.4. The van der Waals surface area contributed by atoms with Gasteiger partial charge in [-0.25, -0.2) is 4.79 Å². The molecule has 0 amide bonds. The molecular weight excluding hydrogens is 366 g/mol. The minimum absolute atomic E-state index is 0.0326. The number of nitrogens with zero attached hydrogens (tertiary/aromatic N) is 1. The minimum Gasteiger partial charge on any atom is -0.508 e. The quantitative estimate of drug-likeness (QED) is 0.562. The van der Waals surface area contributed by atoms with Crippen molar-refractivity contribution >= 4 is 11.0 Å². The van der Waals surface area contributed by atoms with Crippen molar-refractivity contribution in [2.24, 2.45) is 5.92 Å². The Morgan fingerprint density at radius 2 is 1.76 bits per heavy atom. The molecule has 29 heavy (non-hydrogen) atoms. The number of hydrogen-bond acceptors (Lipinski definition) is 5. The maximum Gasteiger partial charge on any atom is 0.336 e. The average molecular weight is 395 g/mol. The van der Waals surface area contributed by atoms with Gasteiger partial charge in [0.05, 0.1) is 6.61 Å². The molecule has 5 nitrogen and oxygen atoms in total. The van der Waals surface area contributed by atoms with E-state index in [1.807, 2.05) is 31.2 Å². The van der Waals surface area contributed by atoms with Gasteiger partial charge in [0.1, 0.15) is 11.3 Å². The number of hydrogen-bond donors (Lipinski definition) is 2. The largest absolute Gasteiger partial charge is 0.508 e. The number of benzene rings is 2. The molecule has 1 aromatic heterocycles. The first kappa shape index (κ1) is 21.1. The monoisotopic (exact) mass is 395 g/mol. The van der Waals surface area contributed by atoms with Gasteiger partial charge in [0.25, 0.3) is 0 Å². The zero-order valence-corrected chi connectivity index (χ0v) is 17.3. The molecule has 3 aromatic rings. The number of aliphatic hydroxyl groups excluding tert-OH is 1. The smallest absolute Gasteiger partial charge is 0.336 e. The van der Waals surface area contributed by atoms with Crippen LogP contribution in [0.3, 0.4) is 0 Å². The van der Waals surface area contributed by atoms with Crippen LogP contribution in [0, 0.1) is 5.92 Å². The molecule has 0 aliphatic heterocycles. The first-order chi connectivity index (χ1) is 13.9. The fraction of sp³-hybridized carbons (Fsp3) is 0.375. The number of phenolic OH excluding ortho intramolecular Hbond substituents is 1. The van der Waals surface area contributed by atoms with Gasteiger partial charge in [-0.2, -0.15) is 0 Å². The van der Waals surface area contributed by atoms with E-state index in [0.29, 0.717) is 25.1 Å². The molecule has 0 fully saturated rings. The van der Waals surface area contributed by atoms with Crippen molar-refractivity contribution in [1.29, 1.82) is 0 Å². The second-order valence-electron chi connectivity index (χ2n) is 7.81. The Labute approximate surface area is 171 Å². The van der Waals surface area contributed by atoms with Crippen LogP contribution in [0.1, 0.15) is 37.5 Å². The Hall–Kier alpha value is -2.63. The molecule has 0 spiro atoms. The third-order valence-corrected chi connectivity index (χ3v) is 5.44. The molecule has 0 aliphatic rings. The number of aliphatic hydroxyl groups is 1. The van der Waals surface area contributed by atoms with Crippen LogP contribution in [0.4, 0.5) is 0 Å². The van der Waals surface area contributed by atoms with Gasteiger partial charge in [-0.15, -0.1) is 0 Å². The van der Waals surface area contributed by atoms with Gasteiger partial charge in [0.2, 0.25) is 0 Å². The van der Waals surface area contributed by atoms with Crippen molar-refractivity contribution in [3.63, 3.8) is 0 Å². The molecule has 154 valence electrons. The van der Waals surface area contributed by atoms with Gasteiger partial charge >= 0.3 is 5.63 Å². The lowest BCUT2D eigenvalue weighted by molar-refractivity contribution is 0.0787. The fourth-order valence-electron chi connectivity index (χ4n) is 3.80. The van der Waals surface area contributed by atoms with E-state index < -0.39 is 5.63 Å². The molecule has 5 heteroatoms. The van der Waals surface area contributed by atoms with Gasteiger partial charge < -0.3 is 14.6 Å². The topological polar surface area (TPSA) is 73.9 Å². The number of fused-ring (bicyclic) bond motifs is 1. The van der Waals surface area contributed by atoms with Crippen LogP contribution in [0.15, 0.2) is 57.7 Å². The van der Waals surface area contributed by atoms with Crippen molar-refractivity contribution in [1.82, 2.24) is 4.90 Å². The van der Waals surface area contributed by atoms with Crippen molar-refractivity contribution in [3.05, 3.63) is 75.6 Å². The lowest BCUT2D eigenvalue weighted by atomic mass is 9.99. The van der Waals surface area contributed by atoms with Gasteiger partial charge in [-0.05, 0) is 35.1 Å². The molecule has 0 radical (unpaired) electrons. The summed E-state index contributed by atoms with van der Waals surface area (Å²) in [7, 11) is 0. The Bertz CT molecular complexity index is 1010. The first-order valence-corrected chi connectivity index (χ1v) is 10.1. The van der Waals surface area contributed by atoms with Gasteiger partial charge in [-0.3, -0.25) is 4.90 Å². The lowest BCUT2D eigenvalue weighted by Gasteiger charge is -2.33. The normalized spacial score (nSPS) is 12.8. The summed E-state index contributed by atoms with van der Waals surface area (Å²) in [6, 6.07) is 15.0. The molecule has 0 bridgehead atoms. The Balaban J connectivity index is 2.06. The predicted octanol–water partition coefficient (Wildman–Crippen LogP) is 4.08. The third-order valence-electron chi connectivity index (χ3n) is 5.44. The number of aryl methyl sites for hydroxylation is 1. The minimum atomic E-state index is -0.444. The summed E-state index contributed by atoms with van der Waals surface area (Å²) >= 11 is 0. The van der Waals surface area contributed by atoms with Crippen molar-refractivity contribution < 1.29 is 14.6 Å². The number of aromatic hydroxyl groups is 1. The van der Waals surface area contributed by atoms with E-state index in [9.17, 15) is 15.0 Å². The second kappa shape index (κ2) is 9.25. The van der Waals surface area contributed by atoms with E-state index in [0.717, 1.165) is 22.1 Å². The number of phenols is 1. The standard InChI is InChI=1S/C24H29NO4/c1-4-18-10-20-19(11-24(28)29-23(20)12-22(18)27)14-25(21(15-26)16(2)3)13-17-8-6-5-7-9-17/h5-12,16,21,26-27H,4,13-15H2,1-3H3. The lowest BCUT2D eigenvalue weighted by Crippen LogP contribution is -2.40. The van der Waals surface area contributed by atoms with Crippen LogP contribution in [0.2, 0.25) is 0 Å². The molecule has 2 N–H and O–H groups in total. The van der Waals surface area contributed by atoms with E-state index in [2.05, 4.69) is 30.9 Å². The van der Waals surface area contributed by atoms with Gasteiger partial charge in [0, 0.05) is 36.7 Å². The fourth-order valence-corrected chi connectivity index (χ4v) is 3.80. The van der Waals surface area contributed by atoms with Crippen LogP contribution in [0.5, 0.6) is 5.75 Å². The summed E-state index contributed by atoms with van der Waals surface area (Å²) in [5, 5.41) is 21.0. The van der Waals surface area contributed by atoms with Crippen LogP contribution < -0.4 is 5.63 Å². The third kappa shape index (κ3) is 4.86. The van der Waals surface area contributed by atoms with Crippen molar-refractivity contribution in [2.45, 2.75) is 46.3 Å². The van der Waals surface area contributed by atoms with E-state index in [1.54, 1.807) is 0 Å². The highest BCUT2D eigenvalue weighted by molar-refractivity contribution is 5.82. The van der Waals surface area contributed by atoms with Gasteiger partial charge in [-0.1, -0.05) is 51.1 Å². The maximum atomic E-state index is 12.2. The summed E-state index contributed by atoms with van der Waals surface area (Å²) < 4.78 is 5.33. The van der Waals surface area contributed by atoms with Gasteiger partial charge in [0.15, 0.2) is 0 Å². The molecule has 1 atom stereocenters. The summed E-state index contributed by atoms with van der Waals surface area (Å²) in [5.41, 5.74) is 2.73. The molecule has 0 saturated carbocycles. The second-order valence-corrected chi connectivity index (χ2v) is 7.81. The molecular formula is C24H29NO4. The van der Waals surface area contributed by atoms with Crippen LogP contribution in [-0.4, -0.2) is 27.8 Å². The molecule has 2 aromatic carbocycles. The Morgan fingerprint density at radius 1 is 1.03 bits per heavy atom. The van der Waals surface area contributed by atoms with Crippen LogP contribution in [-0.2, 0) is 19.5 Å². The van der Waals surface area contributed by atoms with E-state index in [4.69, 9.17) is 4.42 Å². The summed E-state index contributed by atoms with van der Waals surface area (Å²) in [4.78, 5) is 14.4. The zero-order valence-electron chi connectivity index (χ0n) is 17.3. The molecule has 0 aliphatic carbocycles. The first-order valence-electron chi connectivity index (χ1n) is 10.1. The molecule has 0 saturated heterocycles. The SMILES string of the molecule is CCc1cc2c(CN(Cc3ccccc3)C(CO)C(C)C)cc(=O)oc2cc1O. The summed E-state index contributed by atoms with van der Waals surface area (Å²) in [6.07, 6.45) is 0.680. The highest BCUT2D eigenvalue weighted by Gasteiger charge is 2.23. The molecule has 1 unspecified atom stereocenters. The highest BCUT2D eigenvalue weighted by Crippen LogP contribution is 2.28. The summed E-state index contributed by atoms with van der Waals surface area (Å²) in [6.45, 7) is 7.33. The van der Waals surface area contributed by atoms with E-state index in [-0.39, 0.29) is 24.3 Å². The van der Waals surface area contributed by atoms with Crippen molar-refractivity contribution in [2.75, 3.05) is 6.61 Å². The molecule has 1 heterocycles. The summed E-state index contributed by atoms with van der Waals surface area (Å²) in [5.74, 6) is 0.377. The van der Waals surface area contributed by atoms with Crippen molar-refractivity contribution in [3.8, 4) is 5.75 Å². The van der Waals surface area contributed by atoms with Crippen LogP contribution >= 0.6 is 0 Å². The maximum absolute atomic E-state index is 12.2. The predicted molar refractivity (Wildman–Crippen MR) is 115 cm³/mol. The molecule has 3 rings (SSSR count). The van der Waals surface area contributed by atoms with E-state index >= 15 is 0 Å². The Morgan fingerprint density at radius 3 is 2.38 bits per heavy atom.